The second-order valence-corrected chi connectivity index (χ2v) is 7.23. The lowest BCUT2D eigenvalue weighted by molar-refractivity contribution is 0.156. The van der Waals surface area contributed by atoms with Crippen LogP contribution in [0.25, 0.3) is 5.69 Å². The van der Waals surface area contributed by atoms with Crippen molar-refractivity contribution in [2.75, 3.05) is 32.8 Å². The zero-order valence-corrected chi connectivity index (χ0v) is 15.4. The molecule has 4 rings (SSSR count). The molecule has 3 heterocycles. The average Bonchev–Trinajstić information content (AvgIpc) is 3.42. The average molecular weight is 353 g/mol. The number of ether oxygens (including phenoxy) is 1. The Labute approximate surface area is 154 Å². The van der Waals surface area contributed by atoms with Gasteiger partial charge in [0.15, 0.2) is 5.96 Å². The number of para-hydroxylation sites is 1. The molecule has 1 unspecified atom stereocenters. The van der Waals surface area contributed by atoms with Gasteiger partial charge in [-0.25, -0.2) is 9.67 Å². The molecule has 1 atom stereocenters. The summed E-state index contributed by atoms with van der Waals surface area (Å²) in [5.74, 6) is 0.991. The molecule has 26 heavy (non-hydrogen) atoms. The summed E-state index contributed by atoms with van der Waals surface area (Å²) >= 11 is 0. The molecule has 138 valence electrons. The summed E-state index contributed by atoms with van der Waals surface area (Å²) in [5, 5.41) is 8.09. The minimum atomic E-state index is 0.338. The highest BCUT2D eigenvalue weighted by Crippen LogP contribution is 2.38. The Kier molecular flexibility index (Phi) is 4.93. The van der Waals surface area contributed by atoms with E-state index in [1.807, 2.05) is 35.1 Å². The van der Waals surface area contributed by atoms with Crippen LogP contribution in [0.2, 0.25) is 0 Å². The fourth-order valence-electron chi connectivity index (χ4n) is 3.84. The van der Waals surface area contributed by atoms with Crippen LogP contribution in [-0.4, -0.2) is 53.5 Å². The van der Waals surface area contributed by atoms with Crippen molar-refractivity contribution in [1.29, 1.82) is 0 Å². The molecule has 1 aromatic heterocycles. The van der Waals surface area contributed by atoms with E-state index in [4.69, 9.17) is 9.73 Å². The highest BCUT2D eigenvalue weighted by atomic mass is 16.5. The maximum atomic E-state index is 5.64. The van der Waals surface area contributed by atoms with E-state index in [9.17, 15) is 0 Å². The minimum absolute atomic E-state index is 0.338. The Morgan fingerprint density at radius 3 is 2.92 bits per heavy atom. The van der Waals surface area contributed by atoms with Gasteiger partial charge in [0, 0.05) is 37.9 Å². The lowest BCUT2D eigenvalue weighted by Crippen LogP contribution is -2.41. The summed E-state index contributed by atoms with van der Waals surface area (Å²) in [5.41, 5.74) is 2.38. The van der Waals surface area contributed by atoms with Crippen LogP contribution in [0.3, 0.4) is 0 Å². The van der Waals surface area contributed by atoms with Crippen molar-refractivity contribution in [3.8, 4) is 5.69 Å². The summed E-state index contributed by atoms with van der Waals surface area (Å²) in [6.07, 6.45) is 4.36. The van der Waals surface area contributed by atoms with Crippen molar-refractivity contribution in [2.24, 2.45) is 10.4 Å². The third-order valence-electron chi connectivity index (χ3n) is 5.31. The number of benzene rings is 1. The summed E-state index contributed by atoms with van der Waals surface area (Å²) in [4.78, 5) is 7.22. The quantitative estimate of drug-likeness (QED) is 0.678. The van der Waals surface area contributed by atoms with E-state index < -0.39 is 0 Å². The van der Waals surface area contributed by atoms with E-state index in [-0.39, 0.29) is 0 Å². The predicted octanol–water partition coefficient (Wildman–Crippen LogP) is 2.45. The molecular formula is C20H27N5O. The molecule has 1 aromatic carbocycles. The number of likely N-dealkylation sites (tertiary alicyclic amines) is 1. The Hall–Kier alpha value is -2.34. The van der Waals surface area contributed by atoms with Crippen molar-refractivity contribution in [2.45, 2.75) is 26.3 Å². The van der Waals surface area contributed by atoms with Gasteiger partial charge in [-0.3, -0.25) is 0 Å². The van der Waals surface area contributed by atoms with Crippen molar-refractivity contribution in [3.05, 3.63) is 48.3 Å². The third kappa shape index (κ3) is 3.60. The first-order valence-electron chi connectivity index (χ1n) is 9.49. The number of hydrogen-bond acceptors (Lipinski definition) is 3. The smallest absolute Gasteiger partial charge is 0.194 e. The Balaban J connectivity index is 1.44. The molecule has 0 aliphatic carbocycles. The number of aromatic nitrogens is 2. The van der Waals surface area contributed by atoms with Crippen LogP contribution in [0.15, 0.2) is 47.6 Å². The van der Waals surface area contributed by atoms with Gasteiger partial charge in [-0.1, -0.05) is 18.2 Å². The lowest BCUT2D eigenvalue weighted by Gasteiger charge is -2.24. The van der Waals surface area contributed by atoms with Gasteiger partial charge in [-0.2, -0.15) is 5.10 Å². The summed E-state index contributed by atoms with van der Waals surface area (Å²) in [6.45, 7) is 7.46. The molecule has 1 N–H and O–H groups in total. The molecule has 0 saturated carbocycles. The molecule has 0 bridgehead atoms. The first-order chi connectivity index (χ1) is 12.8. The Bertz CT molecular complexity index is 749. The Morgan fingerprint density at radius 1 is 1.27 bits per heavy atom. The van der Waals surface area contributed by atoms with E-state index in [2.05, 4.69) is 34.4 Å². The number of hydrogen-bond donors (Lipinski definition) is 1. The second kappa shape index (κ2) is 7.50. The van der Waals surface area contributed by atoms with Crippen LogP contribution >= 0.6 is 0 Å². The second-order valence-electron chi connectivity index (χ2n) is 7.23. The van der Waals surface area contributed by atoms with Gasteiger partial charge in [0.05, 0.1) is 24.5 Å². The van der Waals surface area contributed by atoms with Gasteiger partial charge in [-0.15, -0.1) is 0 Å². The zero-order valence-electron chi connectivity index (χ0n) is 15.4. The maximum absolute atomic E-state index is 5.64. The minimum Gasteiger partial charge on any atom is -0.381 e. The molecule has 2 aromatic rings. The van der Waals surface area contributed by atoms with Gasteiger partial charge < -0.3 is 15.0 Å². The van der Waals surface area contributed by atoms with E-state index in [0.29, 0.717) is 12.0 Å². The van der Waals surface area contributed by atoms with Crippen LogP contribution in [0.5, 0.6) is 0 Å². The third-order valence-corrected chi connectivity index (χ3v) is 5.31. The number of aliphatic imine (C=N–C) groups is 1. The van der Waals surface area contributed by atoms with Crippen LogP contribution in [0, 0.1) is 5.41 Å². The number of nitrogens with zero attached hydrogens (tertiary/aromatic N) is 4. The van der Waals surface area contributed by atoms with Gasteiger partial charge in [0.2, 0.25) is 0 Å². The van der Waals surface area contributed by atoms with E-state index in [0.717, 1.165) is 50.2 Å². The van der Waals surface area contributed by atoms with Crippen LogP contribution < -0.4 is 5.32 Å². The van der Waals surface area contributed by atoms with Crippen molar-refractivity contribution in [3.63, 3.8) is 0 Å². The topological polar surface area (TPSA) is 54.7 Å². The van der Waals surface area contributed by atoms with Crippen molar-refractivity contribution in [1.82, 2.24) is 20.0 Å². The van der Waals surface area contributed by atoms with Gasteiger partial charge >= 0.3 is 0 Å². The van der Waals surface area contributed by atoms with E-state index in [1.165, 1.54) is 12.8 Å². The van der Waals surface area contributed by atoms with Gasteiger partial charge in [0.1, 0.15) is 0 Å². The van der Waals surface area contributed by atoms with Crippen LogP contribution in [0.4, 0.5) is 0 Å². The largest absolute Gasteiger partial charge is 0.381 e. The summed E-state index contributed by atoms with van der Waals surface area (Å²) in [6, 6.07) is 12.2. The lowest BCUT2D eigenvalue weighted by atomic mass is 9.87. The molecule has 1 spiro atoms. The standard InChI is InChI=1S/C20H27N5O/c1-2-21-19(24-12-9-20(15-24)10-13-26-16-20)22-14-17-8-11-25(23-17)18-6-4-3-5-7-18/h3-8,11H,2,9-10,12-16H2,1H3,(H,21,22). The van der Waals surface area contributed by atoms with E-state index >= 15 is 0 Å². The highest BCUT2D eigenvalue weighted by molar-refractivity contribution is 5.80. The fourth-order valence-corrected chi connectivity index (χ4v) is 3.84. The zero-order chi connectivity index (χ0) is 17.8. The molecular weight excluding hydrogens is 326 g/mol. The Morgan fingerprint density at radius 2 is 2.15 bits per heavy atom. The predicted molar refractivity (Wildman–Crippen MR) is 102 cm³/mol. The molecule has 2 fully saturated rings. The number of rotatable bonds is 4. The SMILES string of the molecule is CCNC(=NCc1ccn(-c2ccccc2)n1)N1CCC2(CCOC2)C1. The molecule has 6 nitrogen and oxygen atoms in total. The molecule has 0 amide bonds. The normalized spacial score (nSPS) is 23.1. The molecule has 2 saturated heterocycles. The highest BCUT2D eigenvalue weighted by Gasteiger charge is 2.42. The molecule has 0 radical (unpaired) electrons. The van der Waals surface area contributed by atoms with Crippen LogP contribution in [0.1, 0.15) is 25.5 Å². The molecule has 2 aliphatic rings. The first-order valence-corrected chi connectivity index (χ1v) is 9.49. The summed E-state index contributed by atoms with van der Waals surface area (Å²) < 4.78 is 7.55. The van der Waals surface area contributed by atoms with E-state index in [1.54, 1.807) is 0 Å². The van der Waals surface area contributed by atoms with Gasteiger partial charge in [-0.05, 0) is 38.0 Å². The molecule has 6 heteroatoms. The molecule has 2 aliphatic heterocycles. The first kappa shape index (κ1) is 17.1. The fraction of sp³-hybridized carbons (Fsp3) is 0.500. The van der Waals surface area contributed by atoms with Crippen molar-refractivity contribution < 1.29 is 4.74 Å². The monoisotopic (exact) mass is 353 g/mol. The summed E-state index contributed by atoms with van der Waals surface area (Å²) in [7, 11) is 0. The maximum Gasteiger partial charge on any atom is 0.194 e. The van der Waals surface area contributed by atoms with Gasteiger partial charge in [0.25, 0.3) is 0 Å². The number of nitrogens with one attached hydrogen (secondary N) is 1. The van der Waals surface area contributed by atoms with Crippen LogP contribution in [-0.2, 0) is 11.3 Å². The van der Waals surface area contributed by atoms with Crippen molar-refractivity contribution >= 4 is 5.96 Å². The number of guanidine groups is 1.